The van der Waals surface area contributed by atoms with Gasteiger partial charge in [-0.15, -0.1) is 0 Å². The van der Waals surface area contributed by atoms with E-state index in [0.717, 1.165) is 13.2 Å². The average molecular weight is 176 g/mol. The Balaban J connectivity index is 0.000000187. The van der Waals surface area contributed by atoms with Gasteiger partial charge >= 0.3 is 0 Å². The molecule has 0 N–H and O–H groups in total. The van der Waals surface area contributed by atoms with Crippen LogP contribution in [0.2, 0.25) is 0 Å². The van der Waals surface area contributed by atoms with Gasteiger partial charge in [0.05, 0.1) is 0 Å². The van der Waals surface area contributed by atoms with Crippen LogP contribution in [0.25, 0.3) is 0 Å². The van der Waals surface area contributed by atoms with Crippen LogP contribution in [-0.2, 0) is 4.74 Å². The van der Waals surface area contributed by atoms with Gasteiger partial charge in [0.15, 0.2) is 0 Å². The van der Waals surface area contributed by atoms with Crippen molar-refractivity contribution in [1.82, 2.24) is 0 Å². The van der Waals surface area contributed by atoms with E-state index in [2.05, 4.69) is 11.8 Å². The van der Waals surface area contributed by atoms with Crippen molar-refractivity contribution < 1.29 is 4.74 Å². The zero-order chi connectivity index (χ0) is 8.36. The minimum atomic E-state index is 0.844. The maximum Gasteiger partial charge on any atom is 0.0437 e. The highest BCUT2D eigenvalue weighted by molar-refractivity contribution is 7.99. The molecule has 0 amide bonds. The van der Waals surface area contributed by atoms with Gasteiger partial charge in [0.25, 0.3) is 0 Å². The molecule has 1 aliphatic heterocycles. The van der Waals surface area contributed by atoms with Gasteiger partial charge in [-0.1, -0.05) is 6.42 Å². The fraction of sp³-hybridized carbons (Fsp3) is 1.00. The average Bonchev–Trinajstić information content (AvgIpc) is 2.10. The Labute approximate surface area is 74.9 Å². The lowest BCUT2D eigenvalue weighted by atomic mass is 10.3. The Kier molecular flexibility index (Phi) is 10.6. The summed E-state index contributed by atoms with van der Waals surface area (Å²) in [4.78, 5) is 0. The Morgan fingerprint density at radius 2 is 1.55 bits per heavy atom. The van der Waals surface area contributed by atoms with Crippen molar-refractivity contribution in [3.8, 4) is 0 Å². The van der Waals surface area contributed by atoms with Crippen LogP contribution < -0.4 is 0 Å². The molecule has 0 radical (unpaired) electrons. The van der Waals surface area contributed by atoms with Crippen molar-refractivity contribution in [1.29, 1.82) is 0 Å². The second-order valence-corrected chi connectivity index (χ2v) is 3.68. The highest BCUT2D eigenvalue weighted by Gasteiger charge is 1.95. The van der Waals surface area contributed by atoms with E-state index in [1.807, 2.05) is 13.8 Å². The van der Waals surface area contributed by atoms with Gasteiger partial charge in [-0.2, -0.15) is 11.8 Å². The molecule has 0 atom stereocenters. The molecule has 1 nitrogen and oxygen atoms in total. The molecule has 1 aliphatic rings. The molecule has 1 fully saturated rings. The molecule has 11 heavy (non-hydrogen) atoms. The maximum absolute atomic E-state index is 4.83. The van der Waals surface area contributed by atoms with Crippen LogP contribution in [0.15, 0.2) is 0 Å². The van der Waals surface area contributed by atoms with Gasteiger partial charge in [-0.05, 0) is 38.2 Å². The van der Waals surface area contributed by atoms with E-state index in [1.165, 1.54) is 30.8 Å². The van der Waals surface area contributed by atoms with Gasteiger partial charge in [0.2, 0.25) is 0 Å². The Morgan fingerprint density at radius 3 is 1.64 bits per heavy atom. The van der Waals surface area contributed by atoms with Crippen LogP contribution in [-0.4, -0.2) is 24.7 Å². The lowest BCUT2D eigenvalue weighted by Gasteiger charge is -2.05. The summed E-state index contributed by atoms with van der Waals surface area (Å²) >= 11 is 2.09. The summed E-state index contributed by atoms with van der Waals surface area (Å²) in [5.74, 6) is 2.83. The summed E-state index contributed by atoms with van der Waals surface area (Å²) < 4.78 is 4.83. The number of ether oxygens (including phenoxy) is 1. The summed E-state index contributed by atoms with van der Waals surface area (Å²) in [6.07, 6.45) is 4.41. The normalized spacial score (nSPS) is 16.9. The quantitative estimate of drug-likeness (QED) is 0.640. The first-order valence-corrected chi connectivity index (χ1v) is 5.72. The molecular weight excluding hydrogens is 156 g/mol. The SMILES string of the molecule is C1CCSCC1.CCOCC. The van der Waals surface area contributed by atoms with Crippen molar-refractivity contribution in [3.63, 3.8) is 0 Å². The zero-order valence-corrected chi connectivity index (χ0v) is 8.58. The molecule has 1 heterocycles. The Hall–Kier alpha value is 0.310. The van der Waals surface area contributed by atoms with Gasteiger partial charge in [0.1, 0.15) is 0 Å². The van der Waals surface area contributed by atoms with E-state index in [0.29, 0.717) is 0 Å². The molecule has 0 aromatic heterocycles. The highest BCUT2D eigenvalue weighted by Crippen LogP contribution is 2.14. The first-order chi connectivity index (χ1) is 5.41. The van der Waals surface area contributed by atoms with E-state index in [4.69, 9.17) is 4.74 Å². The van der Waals surface area contributed by atoms with E-state index >= 15 is 0 Å². The van der Waals surface area contributed by atoms with Crippen molar-refractivity contribution in [2.45, 2.75) is 33.1 Å². The monoisotopic (exact) mass is 176 g/mol. The number of rotatable bonds is 2. The first-order valence-electron chi connectivity index (χ1n) is 4.57. The summed E-state index contributed by atoms with van der Waals surface area (Å²) in [6, 6.07) is 0. The van der Waals surface area contributed by atoms with Gasteiger partial charge in [-0.25, -0.2) is 0 Å². The van der Waals surface area contributed by atoms with Gasteiger partial charge < -0.3 is 4.74 Å². The lowest BCUT2D eigenvalue weighted by Crippen LogP contribution is -1.91. The van der Waals surface area contributed by atoms with Crippen LogP contribution >= 0.6 is 11.8 Å². The number of thioether (sulfide) groups is 1. The molecule has 0 spiro atoms. The second kappa shape index (κ2) is 10.3. The van der Waals surface area contributed by atoms with Crippen LogP contribution in [0.5, 0.6) is 0 Å². The molecule has 0 aromatic carbocycles. The highest BCUT2D eigenvalue weighted by atomic mass is 32.2. The Bertz CT molecular complexity index is 49.1. The van der Waals surface area contributed by atoms with Gasteiger partial charge in [0, 0.05) is 13.2 Å². The van der Waals surface area contributed by atoms with Crippen LogP contribution in [0.4, 0.5) is 0 Å². The zero-order valence-electron chi connectivity index (χ0n) is 7.77. The third kappa shape index (κ3) is 10.3. The predicted octanol–water partition coefficient (Wildman–Crippen LogP) is 2.95. The molecule has 0 aromatic rings. The van der Waals surface area contributed by atoms with Crippen LogP contribution in [0, 0.1) is 0 Å². The molecule has 1 saturated heterocycles. The topological polar surface area (TPSA) is 9.23 Å². The second-order valence-electron chi connectivity index (χ2n) is 2.45. The summed E-state index contributed by atoms with van der Waals surface area (Å²) in [6.45, 7) is 5.67. The summed E-state index contributed by atoms with van der Waals surface area (Å²) in [5.41, 5.74) is 0. The third-order valence-corrected chi connectivity index (χ3v) is 2.64. The molecule has 2 heteroatoms. The number of hydrogen-bond donors (Lipinski definition) is 0. The maximum atomic E-state index is 4.83. The first kappa shape index (κ1) is 11.3. The van der Waals surface area contributed by atoms with E-state index in [9.17, 15) is 0 Å². The lowest BCUT2D eigenvalue weighted by molar-refractivity contribution is 0.162. The van der Waals surface area contributed by atoms with E-state index < -0.39 is 0 Å². The molecule has 0 aliphatic carbocycles. The molecule has 68 valence electrons. The summed E-state index contributed by atoms with van der Waals surface area (Å²) in [5, 5.41) is 0. The Morgan fingerprint density at radius 1 is 1.00 bits per heavy atom. The summed E-state index contributed by atoms with van der Waals surface area (Å²) in [7, 11) is 0. The van der Waals surface area contributed by atoms with Crippen molar-refractivity contribution in [3.05, 3.63) is 0 Å². The van der Waals surface area contributed by atoms with Crippen LogP contribution in [0.3, 0.4) is 0 Å². The van der Waals surface area contributed by atoms with E-state index in [1.54, 1.807) is 0 Å². The fourth-order valence-electron chi connectivity index (χ4n) is 0.891. The predicted molar refractivity (Wildman–Crippen MR) is 53.3 cm³/mol. The minimum Gasteiger partial charge on any atom is -0.382 e. The smallest absolute Gasteiger partial charge is 0.0437 e. The molecule has 0 unspecified atom stereocenters. The molecule has 1 rings (SSSR count). The largest absolute Gasteiger partial charge is 0.382 e. The number of hydrogen-bond acceptors (Lipinski definition) is 2. The fourth-order valence-corrected chi connectivity index (χ4v) is 1.91. The van der Waals surface area contributed by atoms with Crippen LogP contribution in [0.1, 0.15) is 33.1 Å². The van der Waals surface area contributed by atoms with Crippen molar-refractivity contribution >= 4 is 11.8 Å². The molecule has 0 bridgehead atoms. The third-order valence-electron chi connectivity index (χ3n) is 1.49. The molecule has 0 saturated carbocycles. The van der Waals surface area contributed by atoms with Gasteiger partial charge in [-0.3, -0.25) is 0 Å². The van der Waals surface area contributed by atoms with Crippen molar-refractivity contribution in [2.75, 3.05) is 24.7 Å². The molecular formula is C9H20OS. The van der Waals surface area contributed by atoms with Crippen molar-refractivity contribution in [2.24, 2.45) is 0 Å². The minimum absolute atomic E-state index is 0.844. The van der Waals surface area contributed by atoms with E-state index in [-0.39, 0.29) is 0 Å². The standard InChI is InChI=1S/C5H10S.C4H10O/c1-2-4-6-5-3-1;1-3-5-4-2/h1-5H2;3-4H2,1-2H3.